The van der Waals surface area contributed by atoms with Gasteiger partial charge in [-0.05, 0) is 37.6 Å². The Morgan fingerprint density at radius 3 is 2.86 bits per heavy atom. The van der Waals surface area contributed by atoms with Crippen LogP contribution in [0.1, 0.15) is 22.3 Å². The minimum atomic E-state index is -0.0337. The Morgan fingerprint density at radius 1 is 1.38 bits per heavy atom. The molecule has 1 heterocycles. The highest BCUT2D eigenvalue weighted by Crippen LogP contribution is 2.18. The second-order valence-corrected chi connectivity index (χ2v) is 5.39. The predicted molar refractivity (Wildman–Crippen MR) is 84.0 cm³/mol. The summed E-state index contributed by atoms with van der Waals surface area (Å²) in [5.41, 5.74) is 1.69. The summed E-state index contributed by atoms with van der Waals surface area (Å²) in [5.74, 6) is 0.720. The number of amides is 1. The molecule has 1 aliphatic heterocycles. The molecule has 0 aromatic heterocycles. The van der Waals surface area contributed by atoms with Gasteiger partial charge in [0.1, 0.15) is 5.75 Å². The lowest BCUT2D eigenvalue weighted by Gasteiger charge is -2.27. The van der Waals surface area contributed by atoms with Gasteiger partial charge in [-0.2, -0.15) is 0 Å². The van der Waals surface area contributed by atoms with Gasteiger partial charge in [0.25, 0.3) is 5.91 Å². The molecule has 0 saturated carbocycles. The Labute approximate surface area is 126 Å². The van der Waals surface area contributed by atoms with Crippen molar-refractivity contribution in [2.45, 2.75) is 13.3 Å². The zero-order valence-electron chi connectivity index (χ0n) is 12.9. The summed E-state index contributed by atoms with van der Waals surface area (Å²) in [5, 5.41) is 6.31. The van der Waals surface area contributed by atoms with E-state index in [0.717, 1.165) is 50.5 Å². The maximum Gasteiger partial charge on any atom is 0.251 e. The summed E-state index contributed by atoms with van der Waals surface area (Å²) in [7, 11) is 1.62. The third-order valence-electron chi connectivity index (χ3n) is 3.82. The molecule has 1 saturated heterocycles. The first-order chi connectivity index (χ1) is 10.2. The van der Waals surface area contributed by atoms with Crippen molar-refractivity contribution in [3.05, 3.63) is 29.3 Å². The van der Waals surface area contributed by atoms with Crippen LogP contribution in [0.5, 0.6) is 5.75 Å². The third-order valence-corrected chi connectivity index (χ3v) is 3.82. The molecular weight excluding hydrogens is 266 g/mol. The maximum atomic E-state index is 12.1. The highest BCUT2D eigenvalue weighted by atomic mass is 16.5. The number of nitrogens with one attached hydrogen (secondary N) is 2. The molecule has 5 nitrogen and oxygen atoms in total. The average Bonchev–Trinajstić information content (AvgIpc) is 2.53. The van der Waals surface area contributed by atoms with E-state index in [1.807, 2.05) is 19.1 Å². The molecule has 0 atom stereocenters. The quantitative estimate of drug-likeness (QED) is 0.769. The van der Waals surface area contributed by atoms with Crippen molar-refractivity contribution >= 4 is 5.91 Å². The molecule has 0 bridgehead atoms. The van der Waals surface area contributed by atoms with Gasteiger partial charge in [-0.3, -0.25) is 4.79 Å². The van der Waals surface area contributed by atoms with Crippen molar-refractivity contribution in [1.82, 2.24) is 15.5 Å². The van der Waals surface area contributed by atoms with Gasteiger partial charge in [-0.1, -0.05) is 6.07 Å². The summed E-state index contributed by atoms with van der Waals surface area (Å²) in [4.78, 5) is 14.5. The molecule has 1 aromatic rings. The predicted octanol–water partition coefficient (Wildman–Crippen LogP) is 1.03. The average molecular weight is 291 g/mol. The van der Waals surface area contributed by atoms with Gasteiger partial charge >= 0.3 is 0 Å². The van der Waals surface area contributed by atoms with Crippen LogP contribution in [-0.2, 0) is 0 Å². The molecule has 5 heteroatoms. The van der Waals surface area contributed by atoms with Crippen LogP contribution in [0.2, 0.25) is 0 Å². The fourth-order valence-corrected chi connectivity index (χ4v) is 2.50. The SMILES string of the molecule is COc1cc(C(=O)NCCCN2CCNCC2)ccc1C. The minimum Gasteiger partial charge on any atom is -0.496 e. The summed E-state index contributed by atoms with van der Waals surface area (Å²) in [6.07, 6.45) is 0.981. The Morgan fingerprint density at radius 2 is 2.14 bits per heavy atom. The number of hydrogen-bond acceptors (Lipinski definition) is 4. The number of piperazine rings is 1. The monoisotopic (exact) mass is 291 g/mol. The molecule has 0 unspecified atom stereocenters. The highest BCUT2D eigenvalue weighted by Gasteiger charge is 2.10. The molecule has 1 aliphatic rings. The fourth-order valence-electron chi connectivity index (χ4n) is 2.50. The molecule has 1 aromatic carbocycles. The minimum absolute atomic E-state index is 0.0337. The first-order valence-corrected chi connectivity index (χ1v) is 7.56. The second kappa shape index (κ2) is 8.00. The van der Waals surface area contributed by atoms with E-state index in [2.05, 4.69) is 15.5 Å². The van der Waals surface area contributed by atoms with Crippen LogP contribution in [0.3, 0.4) is 0 Å². The Bertz CT molecular complexity index is 471. The molecule has 0 aliphatic carbocycles. The molecule has 2 N–H and O–H groups in total. The van der Waals surface area contributed by atoms with Crippen LogP contribution < -0.4 is 15.4 Å². The van der Waals surface area contributed by atoms with E-state index in [-0.39, 0.29) is 5.91 Å². The Kier molecular flexibility index (Phi) is 6.02. The van der Waals surface area contributed by atoms with E-state index in [1.54, 1.807) is 13.2 Å². The van der Waals surface area contributed by atoms with E-state index in [1.165, 1.54) is 0 Å². The number of hydrogen-bond donors (Lipinski definition) is 2. The lowest BCUT2D eigenvalue weighted by molar-refractivity contribution is 0.0951. The van der Waals surface area contributed by atoms with Gasteiger partial charge < -0.3 is 20.3 Å². The molecule has 1 fully saturated rings. The number of rotatable bonds is 6. The lowest BCUT2D eigenvalue weighted by Crippen LogP contribution is -2.44. The highest BCUT2D eigenvalue weighted by molar-refractivity contribution is 5.94. The zero-order chi connectivity index (χ0) is 15.1. The number of ether oxygens (including phenoxy) is 1. The van der Waals surface area contributed by atoms with Crippen molar-refractivity contribution in [2.24, 2.45) is 0 Å². The van der Waals surface area contributed by atoms with Crippen molar-refractivity contribution in [1.29, 1.82) is 0 Å². The van der Waals surface area contributed by atoms with Gasteiger partial charge in [0.2, 0.25) is 0 Å². The standard InChI is InChI=1S/C16H25N3O2/c1-13-4-5-14(12-15(13)21-2)16(20)18-6-3-9-19-10-7-17-8-11-19/h4-5,12,17H,3,6-11H2,1-2H3,(H,18,20). The molecule has 0 radical (unpaired) electrons. The normalized spacial score (nSPS) is 15.7. The summed E-state index contributed by atoms with van der Waals surface area (Å²) < 4.78 is 5.25. The van der Waals surface area contributed by atoms with Gasteiger partial charge in [-0.15, -0.1) is 0 Å². The lowest BCUT2D eigenvalue weighted by atomic mass is 10.1. The number of carbonyl (C=O) groups excluding carboxylic acids is 1. The Hall–Kier alpha value is -1.59. The van der Waals surface area contributed by atoms with Gasteiger partial charge in [0.15, 0.2) is 0 Å². The topological polar surface area (TPSA) is 53.6 Å². The van der Waals surface area contributed by atoms with E-state index in [4.69, 9.17) is 4.74 Å². The first-order valence-electron chi connectivity index (χ1n) is 7.56. The van der Waals surface area contributed by atoms with Crippen molar-refractivity contribution in [3.63, 3.8) is 0 Å². The van der Waals surface area contributed by atoms with E-state index < -0.39 is 0 Å². The van der Waals surface area contributed by atoms with E-state index in [9.17, 15) is 4.79 Å². The smallest absolute Gasteiger partial charge is 0.251 e. The first kappa shape index (κ1) is 15.8. The van der Waals surface area contributed by atoms with Crippen LogP contribution in [0.15, 0.2) is 18.2 Å². The summed E-state index contributed by atoms with van der Waals surface area (Å²) in [6.45, 7) is 8.05. The molecular formula is C16H25N3O2. The van der Waals surface area contributed by atoms with Gasteiger partial charge in [0.05, 0.1) is 7.11 Å². The van der Waals surface area contributed by atoms with Crippen LogP contribution in [0, 0.1) is 6.92 Å². The third kappa shape index (κ3) is 4.72. The fraction of sp³-hybridized carbons (Fsp3) is 0.562. The van der Waals surface area contributed by atoms with Crippen LogP contribution in [-0.4, -0.2) is 57.2 Å². The summed E-state index contributed by atoms with van der Waals surface area (Å²) in [6, 6.07) is 5.54. The number of carbonyl (C=O) groups is 1. The Balaban J connectivity index is 1.74. The maximum absolute atomic E-state index is 12.1. The second-order valence-electron chi connectivity index (χ2n) is 5.39. The number of methoxy groups -OCH3 is 1. The van der Waals surface area contributed by atoms with Crippen molar-refractivity contribution in [2.75, 3.05) is 46.4 Å². The van der Waals surface area contributed by atoms with Gasteiger partial charge in [-0.25, -0.2) is 0 Å². The number of benzene rings is 1. The van der Waals surface area contributed by atoms with Crippen LogP contribution in [0.4, 0.5) is 0 Å². The van der Waals surface area contributed by atoms with Crippen molar-refractivity contribution < 1.29 is 9.53 Å². The van der Waals surface area contributed by atoms with Crippen LogP contribution >= 0.6 is 0 Å². The van der Waals surface area contributed by atoms with E-state index >= 15 is 0 Å². The molecule has 0 spiro atoms. The van der Waals surface area contributed by atoms with Gasteiger partial charge in [0, 0.05) is 38.3 Å². The number of aryl methyl sites for hydroxylation is 1. The van der Waals surface area contributed by atoms with Crippen LogP contribution in [0.25, 0.3) is 0 Å². The molecule has 116 valence electrons. The largest absolute Gasteiger partial charge is 0.496 e. The molecule has 21 heavy (non-hydrogen) atoms. The summed E-state index contributed by atoms with van der Waals surface area (Å²) >= 11 is 0. The zero-order valence-corrected chi connectivity index (χ0v) is 12.9. The molecule has 2 rings (SSSR count). The van der Waals surface area contributed by atoms with Crippen molar-refractivity contribution in [3.8, 4) is 5.75 Å². The van der Waals surface area contributed by atoms with E-state index in [0.29, 0.717) is 12.1 Å². The number of nitrogens with zero attached hydrogens (tertiary/aromatic N) is 1. The molecule has 1 amide bonds.